The van der Waals surface area contributed by atoms with Gasteiger partial charge in [-0.2, -0.15) is 0 Å². The Kier molecular flexibility index (Phi) is 5.46. The Morgan fingerprint density at radius 2 is 2.33 bits per heavy atom. The van der Waals surface area contributed by atoms with E-state index in [4.69, 9.17) is 0 Å². The van der Waals surface area contributed by atoms with Gasteiger partial charge in [0.05, 0.1) is 11.4 Å². The number of anilines is 1. The molecular formula is C18H25N3O2S. The summed E-state index contributed by atoms with van der Waals surface area (Å²) in [6.07, 6.45) is 2.54. The van der Waals surface area contributed by atoms with E-state index in [0.717, 1.165) is 29.6 Å². The summed E-state index contributed by atoms with van der Waals surface area (Å²) in [4.78, 5) is 27.4. The number of hydrogen-bond donors (Lipinski definition) is 2. The van der Waals surface area contributed by atoms with Crippen LogP contribution in [0.1, 0.15) is 37.0 Å². The van der Waals surface area contributed by atoms with Crippen LogP contribution in [0.15, 0.2) is 23.1 Å². The van der Waals surface area contributed by atoms with Crippen LogP contribution in [0.3, 0.4) is 0 Å². The number of carbonyl (C=O) groups excluding carboxylic acids is 2. The van der Waals surface area contributed by atoms with Gasteiger partial charge < -0.3 is 10.6 Å². The van der Waals surface area contributed by atoms with Gasteiger partial charge in [-0.3, -0.25) is 14.5 Å². The molecule has 0 aromatic heterocycles. The molecule has 2 heterocycles. The average molecular weight is 347 g/mol. The van der Waals surface area contributed by atoms with Gasteiger partial charge >= 0.3 is 0 Å². The van der Waals surface area contributed by atoms with Crippen LogP contribution in [-0.4, -0.2) is 48.1 Å². The van der Waals surface area contributed by atoms with Gasteiger partial charge in [0.25, 0.3) is 5.91 Å². The summed E-state index contributed by atoms with van der Waals surface area (Å²) in [6.45, 7) is 7.32. The molecule has 2 atom stereocenters. The van der Waals surface area contributed by atoms with Crippen molar-refractivity contribution in [3.63, 3.8) is 0 Å². The van der Waals surface area contributed by atoms with Crippen LogP contribution in [0.5, 0.6) is 0 Å². The van der Waals surface area contributed by atoms with Gasteiger partial charge in [-0.25, -0.2) is 0 Å². The molecule has 1 aromatic carbocycles. The van der Waals surface area contributed by atoms with Gasteiger partial charge in [-0.05, 0) is 50.4 Å². The number of rotatable bonds is 4. The maximum Gasteiger partial charge on any atom is 0.251 e. The number of nitrogens with zero attached hydrogens (tertiary/aromatic N) is 1. The van der Waals surface area contributed by atoms with Crippen LogP contribution in [0, 0.1) is 5.92 Å². The molecule has 0 saturated carbocycles. The Balaban J connectivity index is 1.57. The topological polar surface area (TPSA) is 61.4 Å². The zero-order valence-electron chi connectivity index (χ0n) is 14.3. The molecule has 1 aromatic rings. The summed E-state index contributed by atoms with van der Waals surface area (Å²) in [5.41, 5.74) is 1.33. The first-order valence-corrected chi connectivity index (χ1v) is 9.60. The Hall–Kier alpha value is -1.53. The number of thioether (sulfide) groups is 1. The van der Waals surface area contributed by atoms with Gasteiger partial charge in [0.1, 0.15) is 0 Å². The van der Waals surface area contributed by atoms with Gasteiger partial charge in [-0.15, -0.1) is 11.8 Å². The Morgan fingerprint density at radius 1 is 1.50 bits per heavy atom. The largest absolute Gasteiger partial charge is 0.350 e. The van der Waals surface area contributed by atoms with Crippen molar-refractivity contribution in [1.82, 2.24) is 10.2 Å². The van der Waals surface area contributed by atoms with Crippen LogP contribution >= 0.6 is 11.8 Å². The number of carbonyl (C=O) groups is 2. The van der Waals surface area contributed by atoms with E-state index in [1.54, 1.807) is 6.07 Å². The molecule has 2 amide bonds. The summed E-state index contributed by atoms with van der Waals surface area (Å²) in [6, 6.07) is 5.84. The molecule has 24 heavy (non-hydrogen) atoms. The maximum atomic E-state index is 12.4. The van der Waals surface area contributed by atoms with Gasteiger partial charge in [0.2, 0.25) is 5.91 Å². The lowest BCUT2D eigenvalue weighted by Gasteiger charge is -2.35. The molecule has 3 rings (SSSR count). The average Bonchev–Trinajstić information content (AvgIpc) is 2.58. The number of benzene rings is 1. The molecule has 1 saturated heterocycles. The van der Waals surface area contributed by atoms with E-state index < -0.39 is 0 Å². The molecule has 1 fully saturated rings. The zero-order chi connectivity index (χ0) is 17.1. The highest BCUT2D eigenvalue weighted by atomic mass is 32.2. The lowest BCUT2D eigenvalue weighted by Crippen LogP contribution is -2.46. The molecule has 0 aliphatic carbocycles. The van der Waals surface area contributed by atoms with Gasteiger partial charge in [0, 0.05) is 29.6 Å². The summed E-state index contributed by atoms with van der Waals surface area (Å²) in [7, 11) is 0. The monoisotopic (exact) mass is 347 g/mol. The van der Waals surface area contributed by atoms with E-state index in [1.807, 2.05) is 12.1 Å². The van der Waals surface area contributed by atoms with E-state index in [9.17, 15) is 9.59 Å². The van der Waals surface area contributed by atoms with Crippen molar-refractivity contribution >= 4 is 29.3 Å². The molecule has 2 N–H and O–H groups in total. The third-order valence-corrected chi connectivity index (χ3v) is 5.82. The normalized spacial score (nSPS) is 22.4. The molecule has 2 aliphatic rings. The van der Waals surface area contributed by atoms with Crippen LogP contribution in [0.25, 0.3) is 0 Å². The summed E-state index contributed by atoms with van der Waals surface area (Å²) >= 11 is 1.50. The van der Waals surface area contributed by atoms with E-state index in [0.29, 0.717) is 23.9 Å². The van der Waals surface area contributed by atoms with Gasteiger partial charge in [-0.1, -0.05) is 6.92 Å². The first kappa shape index (κ1) is 17.3. The van der Waals surface area contributed by atoms with E-state index >= 15 is 0 Å². The number of hydrogen-bond acceptors (Lipinski definition) is 4. The van der Waals surface area contributed by atoms with E-state index in [-0.39, 0.29) is 11.8 Å². The van der Waals surface area contributed by atoms with Crippen LogP contribution < -0.4 is 10.6 Å². The lowest BCUT2D eigenvalue weighted by molar-refractivity contribution is -0.113. The van der Waals surface area contributed by atoms with Crippen molar-refractivity contribution in [3.8, 4) is 0 Å². The fraction of sp³-hybridized carbons (Fsp3) is 0.556. The standard InChI is InChI=1S/C18H25N3O2S/c1-12-4-3-7-21(10-12)13(2)9-19-18(23)14-5-6-16-15(8-14)20-17(22)11-24-16/h5-6,8,12-13H,3-4,7,9-11H2,1-2H3,(H,19,23)(H,20,22)/t12-,13-/m0/s1. The molecule has 6 heteroatoms. The highest BCUT2D eigenvalue weighted by Crippen LogP contribution is 2.31. The number of fused-ring (bicyclic) bond motifs is 1. The van der Waals surface area contributed by atoms with Crippen molar-refractivity contribution in [1.29, 1.82) is 0 Å². The Labute approximate surface area is 147 Å². The number of nitrogens with one attached hydrogen (secondary N) is 2. The minimum atomic E-state index is -0.0838. The first-order chi connectivity index (χ1) is 11.5. The number of amides is 2. The molecular weight excluding hydrogens is 322 g/mol. The number of likely N-dealkylation sites (tertiary alicyclic amines) is 1. The molecule has 5 nitrogen and oxygen atoms in total. The minimum absolute atomic E-state index is 0.0158. The first-order valence-electron chi connectivity index (χ1n) is 8.62. The van der Waals surface area contributed by atoms with Crippen molar-refractivity contribution < 1.29 is 9.59 Å². The highest BCUT2D eigenvalue weighted by molar-refractivity contribution is 8.00. The van der Waals surface area contributed by atoms with Crippen molar-refractivity contribution in [2.24, 2.45) is 5.92 Å². The predicted molar refractivity (Wildman–Crippen MR) is 97.6 cm³/mol. The highest BCUT2D eigenvalue weighted by Gasteiger charge is 2.22. The van der Waals surface area contributed by atoms with Crippen molar-refractivity contribution in [3.05, 3.63) is 23.8 Å². The molecule has 0 radical (unpaired) electrons. The molecule has 130 valence electrons. The molecule has 0 spiro atoms. The summed E-state index contributed by atoms with van der Waals surface area (Å²) < 4.78 is 0. The fourth-order valence-corrected chi connectivity index (χ4v) is 4.11. The Bertz CT molecular complexity index is 635. The quantitative estimate of drug-likeness (QED) is 0.879. The van der Waals surface area contributed by atoms with Crippen LogP contribution in [0.2, 0.25) is 0 Å². The fourth-order valence-electron chi connectivity index (χ4n) is 3.32. The molecule has 0 unspecified atom stereocenters. The van der Waals surface area contributed by atoms with Crippen LogP contribution in [0.4, 0.5) is 5.69 Å². The third kappa shape index (κ3) is 4.11. The van der Waals surface area contributed by atoms with E-state index in [1.165, 1.54) is 24.6 Å². The summed E-state index contributed by atoms with van der Waals surface area (Å²) in [5, 5.41) is 5.86. The minimum Gasteiger partial charge on any atom is -0.350 e. The van der Waals surface area contributed by atoms with E-state index in [2.05, 4.69) is 29.4 Å². The van der Waals surface area contributed by atoms with Crippen molar-refractivity contribution in [2.75, 3.05) is 30.7 Å². The second-order valence-electron chi connectivity index (χ2n) is 6.85. The SMILES string of the molecule is C[C@H]1CCCN([C@@H](C)CNC(=O)c2ccc3c(c2)NC(=O)CS3)C1. The number of piperidine rings is 1. The predicted octanol–water partition coefficient (Wildman–Crippen LogP) is 2.58. The second kappa shape index (κ2) is 7.57. The second-order valence-corrected chi connectivity index (χ2v) is 7.87. The molecule has 0 bridgehead atoms. The zero-order valence-corrected chi connectivity index (χ0v) is 15.1. The Morgan fingerprint density at radius 3 is 3.12 bits per heavy atom. The van der Waals surface area contributed by atoms with Crippen LogP contribution in [-0.2, 0) is 4.79 Å². The third-order valence-electron chi connectivity index (χ3n) is 4.74. The lowest BCUT2D eigenvalue weighted by atomic mass is 9.99. The molecule has 2 aliphatic heterocycles. The maximum absolute atomic E-state index is 12.4. The van der Waals surface area contributed by atoms with Crippen molar-refractivity contribution in [2.45, 2.75) is 37.6 Å². The smallest absolute Gasteiger partial charge is 0.251 e. The van der Waals surface area contributed by atoms with Gasteiger partial charge in [0.15, 0.2) is 0 Å². The summed E-state index contributed by atoms with van der Waals surface area (Å²) in [5.74, 6) is 1.07.